The van der Waals surface area contributed by atoms with Gasteiger partial charge in [-0.1, -0.05) is 26.0 Å². The molecule has 0 N–H and O–H groups in total. The SMILES string of the molecule is CC(C)Cn1c(-c2cnn(C)c2)nc2ccccc21. The molecule has 0 aliphatic heterocycles. The Morgan fingerprint density at radius 2 is 2.00 bits per heavy atom. The summed E-state index contributed by atoms with van der Waals surface area (Å²) in [5.41, 5.74) is 3.30. The van der Waals surface area contributed by atoms with Crippen LogP contribution >= 0.6 is 0 Å². The quantitative estimate of drug-likeness (QED) is 0.720. The number of aromatic nitrogens is 4. The molecule has 0 radical (unpaired) electrons. The molecule has 0 amide bonds. The average molecular weight is 254 g/mol. The van der Waals surface area contributed by atoms with E-state index in [1.54, 1.807) is 0 Å². The highest BCUT2D eigenvalue weighted by atomic mass is 15.2. The number of hydrogen-bond acceptors (Lipinski definition) is 2. The lowest BCUT2D eigenvalue weighted by Crippen LogP contribution is -2.05. The van der Waals surface area contributed by atoms with Crippen molar-refractivity contribution >= 4 is 11.0 Å². The van der Waals surface area contributed by atoms with Crippen LogP contribution in [0.5, 0.6) is 0 Å². The third-order valence-corrected chi connectivity index (χ3v) is 3.17. The number of para-hydroxylation sites is 2. The lowest BCUT2D eigenvalue weighted by atomic mass is 10.2. The second-order valence-corrected chi connectivity index (χ2v) is 5.33. The summed E-state index contributed by atoms with van der Waals surface area (Å²) in [5.74, 6) is 1.58. The Labute approximate surface area is 112 Å². The van der Waals surface area contributed by atoms with Crippen molar-refractivity contribution in [2.45, 2.75) is 20.4 Å². The van der Waals surface area contributed by atoms with Crippen LogP contribution in [0.25, 0.3) is 22.4 Å². The van der Waals surface area contributed by atoms with Crippen molar-refractivity contribution in [3.8, 4) is 11.4 Å². The number of imidazole rings is 1. The molecule has 2 aromatic heterocycles. The van der Waals surface area contributed by atoms with Crippen molar-refractivity contribution in [3.05, 3.63) is 36.7 Å². The maximum atomic E-state index is 4.76. The Kier molecular flexibility index (Phi) is 2.85. The Morgan fingerprint density at radius 3 is 2.68 bits per heavy atom. The molecule has 0 spiro atoms. The number of rotatable bonds is 3. The van der Waals surface area contributed by atoms with Crippen LogP contribution in [0.2, 0.25) is 0 Å². The van der Waals surface area contributed by atoms with Gasteiger partial charge in [0.1, 0.15) is 5.82 Å². The molecule has 0 saturated carbocycles. The van der Waals surface area contributed by atoms with Crippen LogP contribution in [0.15, 0.2) is 36.7 Å². The monoisotopic (exact) mass is 254 g/mol. The zero-order valence-corrected chi connectivity index (χ0v) is 11.5. The fraction of sp³-hybridized carbons (Fsp3) is 0.333. The molecular weight excluding hydrogens is 236 g/mol. The van der Waals surface area contributed by atoms with E-state index in [9.17, 15) is 0 Å². The third kappa shape index (κ3) is 2.14. The first-order valence-electron chi connectivity index (χ1n) is 6.59. The molecule has 0 bridgehead atoms. The predicted octanol–water partition coefficient (Wildman–Crippen LogP) is 3.09. The van der Waals surface area contributed by atoms with E-state index in [4.69, 9.17) is 4.98 Å². The molecule has 0 aliphatic carbocycles. The van der Waals surface area contributed by atoms with E-state index in [0.29, 0.717) is 5.92 Å². The highest BCUT2D eigenvalue weighted by molar-refractivity contribution is 5.80. The second kappa shape index (κ2) is 4.53. The summed E-state index contributed by atoms with van der Waals surface area (Å²) in [6.45, 7) is 5.41. The molecule has 4 heteroatoms. The second-order valence-electron chi connectivity index (χ2n) is 5.33. The van der Waals surface area contributed by atoms with E-state index in [2.05, 4.69) is 41.7 Å². The first kappa shape index (κ1) is 12.0. The van der Waals surface area contributed by atoms with Gasteiger partial charge < -0.3 is 4.57 Å². The zero-order chi connectivity index (χ0) is 13.4. The highest BCUT2D eigenvalue weighted by Gasteiger charge is 2.14. The van der Waals surface area contributed by atoms with E-state index >= 15 is 0 Å². The van der Waals surface area contributed by atoms with Gasteiger partial charge in [0.15, 0.2) is 0 Å². The van der Waals surface area contributed by atoms with Crippen LogP contribution in [0, 0.1) is 5.92 Å². The van der Waals surface area contributed by atoms with Crippen LogP contribution < -0.4 is 0 Å². The van der Waals surface area contributed by atoms with Gasteiger partial charge in [0.2, 0.25) is 0 Å². The molecule has 0 unspecified atom stereocenters. The van der Waals surface area contributed by atoms with E-state index in [1.807, 2.05) is 30.2 Å². The molecule has 98 valence electrons. The smallest absolute Gasteiger partial charge is 0.144 e. The molecule has 19 heavy (non-hydrogen) atoms. The summed E-state index contributed by atoms with van der Waals surface area (Å²) in [5, 5.41) is 4.25. The molecule has 0 atom stereocenters. The molecule has 0 aliphatic rings. The van der Waals surface area contributed by atoms with Gasteiger partial charge in [-0.2, -0.15) is 5.10 Å². The van der Waals surface area contributed by atoms with Crippen LogP contribution in [0.3, 0.4) is 0 Å². The summed E-state index contributed by atoms with van der Waals surface area (Å²) in [6, 6.07) is 8.28. The van der Waals surface area contributed by atoms with Crippen LogP contribution in [0.1, 0.15) is 13.8 Å². The normalized spacial score (nSPS) is 11.6. The maximum Gasteiger partial charge on any atom is 0.144 e. The summed E-state index contributed by atoms with van der Waals surface area (Å²) >= 11 is 0. The molecule has 0 saturated heterocycles. The fourth-order valence-corrected chi connectivity index (χ4v) is 2.38. The largest absolute Gasteiger partial charge is 0.324 e. The van der Waals surface area contributed by atoms with Gasteiger partial charge in [0.05, 0.1) is 22.8 Å². The van der Waals surface area contributed by atoms with Gasteiger partial charge in [-0.25, -0.2) is 4.98 Å². The molecule has 3 rings (SSSR count). The predicted molar refractivity (Wildman–Crippen MR) is 76.8 cm³/mol. The Bertz CT molecular complexity index is 706. The van der Waals surface area contributed by atoms with E-state index in [0.717, 1.165) is 23.4 Å². The Hall–Kier alpha value is -2.10. The van der Waals surface area contributed by atoms with Gasteiger partial charge in [-0.05, 0) is 18.1 Å². The summed E-state index contributed by atoms with van der Waals surface area (Å²) in [7, 11) is 1.93. The zero-order valence-electron chi connectivity index (χ0n) is 11.5. The minimum atomic E-state index is 0.577. The number of hydrogen-bond donors (Lipinski definition) is 0. The van der Waals surface area contributed by atoms with Crippen molar-refractivity contribution < 1.29 is 0 Å². The van der Waals surface area contributed by atoms with Gasteiger partial charge in [-0.3, -0.25) is 4.68 Å². The fourth-order valence-electron chi connectivity index (χ4n) is 2.38. The summed E-state index contributed by atoms with van der Waals surface area (Å²) in [4.78, 5) is 4.76. The topological polar surface area (TPSA) is 35.6 Å². The van der Waals surface area contributed by atoms with Crippen LogP contribution in [-0.4, -0.2) is 19.3 Å². The number of nitrogens with zero attached hydrogens (tertiary/aromatic N) is 4. The standard InChI is InChI=1S/C15H18N4/c1-11(2)9-19-14-7-5-4-6-13(14)17-15(19)12-8-16-18(3)10-12/h4-8,10-11H,9H2,1-3H3. The molecule has 4 nitrogen and oxygen atoms in total. The summed E-state index contributed by atoms with van der Waals surface area (Å²) in [6.07, 6.45) is 3.88. The maximum absolute atomic E-state index is 4.76. The van der Waals surface area contributed by atoms with E-state index in [-0.39, 0.29) is 0 Å². The highest BCUT2D eigenvalue weighted by Crippen LogP contribution is 2.25. The third-order valence-electron chi connectivity index (χ3n) is 3.17. The van der Waals surface area contributed by atoms with Gasteiger partial charge >= 0.3 is 0 Å². The Morgan fingerprint density at radius 1 is 1.21 bits per heavy atom. The van der Waals surface area contributed by atoms with Crippen LogP contribution in [0.4, 0.5) is 0 Å². The van der Waals surface area contributed by atoms with Gasteiger partial charge in [0.25, 0.3) is 0 Å². The molecule has 1 aromatic carbocycles. The van der Waals surface area contributed by atoms with Gasteiger partial charge in [0, 0.05) is 19.8 Å². The van der Waals surface area contributed by atoms with E-state index in [1.165, 1.54) is 5.52 Å². The van der Waals surface area contributed by atoms with Crippen LogP contribution in [-0.2, 0) is 13.6 Å². The van der Waals surface area contributed by atoms with Gasteiger partial charge in [-0.15, -0.1) is 0 Å². The van der Waals surface area contributed by atoms with Crippen molar-refractivity contribution in [1.29, 1.82) is 0 Å². The van der Waals surface area contributed by atoms with Crippen molar-refractivity contribution in [2.24, 2.45) is 13.0 Å². The summed E-state index contributed by atoms with van der Waals surface area (Å²) < 4.78 is 4.10. The average Bonchev–Trinajstić information content (AvgIpc) is 2.94. The number of aryl methyl sites for hydroxylation is 1. The minimum absolute atomic E-state index is 0.577. The Balaban J connectivity index is 2.22. The molecule has 2 heterocycles. The van der Waals surface area contributed by atoms with Crippen molar-refractivity contribution in [1.82, 2.24) is 19.3 Å². The molecular formula is C15H18N4. The lowest BCUT2D eigenvalue weighted by Gasteiger charge is -2.10. The van der Waals surface area contributed by atoms with Crippen molar-refractivity contribution in [3.63, 3.8) is 0 Å². The van der Waals surface area contributed by atoms with E-state index < -0.39 is 0 Å². The number of benzene rings is 1. The first-order valence-corrected chi connectivity index (χ1v) is 6.59. The molecule has 3 aromatic rings. The van der Waals surface area contributed by atoms with Crippen molar-refractivity contribution in [2.75, 3.05) is 0 Å². The lowest BCUT2D eigenvalue weighted by molar-refractivity contribution is 0.536. The molecule has 0 fully saturated rings. The first-order chi connectivity index (χ1) is 9.15. The number of fused-ring (bicyclic) bond motifs is 1. The minimum Gasteiger partial charge on any atom is -0.324 e.